The average molecular weight is 274 g/mol. The fraction of sp³-hybridized carbons (Fsp3) is 0.500. The van der Waals surface area contributed by atoms with Gasteiger partial charge in [0.2, 0.25) is 10.0 Å². The first-order valence-electron chi connectivity index (χ1n) is 5.79. The summed E-state index contributed by atoms with van der Waals surface area (Å²) in [5.41, 5.74) is 0.551. The van der Waals surface area contributed by atoms with E-state index < -0.39 is 15.8 Å². The van der Waals surface area contributed by atoms with Gasteiger partial charge in [-0.15, -0.1) is 0 Å². The molecular formula is C12H19FN2O2S. The molecule has 0 saturated heterocycles. The Morgan fingerprint density at radius 3 is 2.56 bits per heavy atom. The second-order valence-electron chi connectivity index (χ2n) is 4.53. The van der Waals surface area contributed by atoms with Gasteiger partial charge >= 0.3 is 0 Å². The first-order valence-corrected chi connectivity index (χ1v) is 7.28. The number of hydrogen-bond donors (Lipinski definition) is 2. The third-order valence-electron chi connectivity index (χ3n) is 2.37. The van der Waals surface area contributed by atoms with Crippen molar-refractivity contribution in [3.63, 3.8) is 0 Å². The molecule has 0 aromatic heterocycles. The molecule has 0 spiro atoms. The number of sulfonamides is 1. The minimum Gasteiger partial charge on any atom is -0.316 e. The van der Waals surface area contributed by atoms with Gasteiger partial charge in [-0.25, -0.2) is 17.5 Å². The minimum atomic E-state index is -3.66. The van der Waals surface area contributed by atoms with E-state index in [0.717, 1.165) is 6.07 Å². The van der Waals surface area contributed by atoms with Crippen molar-refractivity contribution in [1.82, 2.24) is 10.0 Å². The Morgan fingerprint density at radius 1 is 1.33 bits per heavy atom. The average Bonchev–Trinajstić information content (AvgIpc) is 2.29. The van der Waals surface area contributed by atoms with Gasteiger partial charge in [0.05, 0.1) is 4.90 Å². The molecule has 0 fully saturated rings. The van der Waals surface area contributed by atoms with E-state index in [0.29, 0.717) is 18.7 Å². The fourth-order valence-corrected chi connectivity index (χ4v) is 2.93. The zero-order valence-electron chi connectivity index (χ0n) is 10.8. The molecule has 6 heteroatoms. The molecule has 18 heavy (non-hydrogen) atoms. The Morgan fingerprint density at radius 2 is 2.00 bits per heavy atom. The number of hydrogen-bond acceptors (Lipinski definition) is 3. The van der Waals surface area contributed by atoms with E-state index in [9.17, 15) is 12.8 Å². The van der Waals surface area contributed by atoms with Crippen molar-refractivity contribution in [2.75, 3.05) is 13.6 Å². The molecule has 0 bridgehead atoms. The molecule has 4 nitrogen and oxygen atoms in total. The topological polar surface area (TPSA) is 58.2 Å². The molecule has 0 heterocycles. The van der Waals surface area contributed by atoms with E-state index in [-0.39, 0.29) is 10.8 Å². The predicted octanol–water partition coefficient (Wildman–Crippen LogP) is 1.48. The molecule has 0 radical (unpaired) electrons. The highest BCUT2D eigenvalue weighted by Crippen LogP contribution is 2.17. The van der Waals surface area contributed by atoms with Crippen LogP contribution < -0.4 is 10.0 Å². The highest BCUT2D eigenvalue weighted by atomic mass is 32.2. The monoisotopic (exact) mass is 274 g/mol. The van der Waals surface area contributed by atoms with Crippen LogP contribution in [0.25, 0.3) is 0 Å². The molecule has 2 N–H and O–H groups in total. The third kappa shape index (κ3) is 4.04. The van der Waals surface area contributed by atoms with Crippen LogP contribution in [-0.2, 0) is 16.6 Å². The van der Waals surface area contributed by atoms with Gasteiger partial charge in [0, 0.05) is 13.1 Å². The van der Waals surface area contributed by atoms with E-state index in [2.05, 4.69) is 10.0 Å². The fourth-order valence-electron chi connectivity index (χ4n) is 1.47. The SMILES string of the molecule is CNCc1ccc(F)cc1S(=O)(=O)NCC(C)C. The third-order valence-corrected chi connectivity index (χ3v) is 3.87. The summed E-state index contributed by atoms with van der Waals surface area (Å²) in [6.07, 6.45) is 0. The van der Waals surface area contributed by atoms with Crippen LogP contribution in [0.5, 0.6) is 0 Å². The molecule has 0 aliphatic carbocycles. The van der Waals surface area contributed by atoms with Crippen molar-refractivity contribution < 1.29 is 12.8 Å². The number of benzene rings is 1. The standard InChI is InChI=1S/C12H19FN2O2S/c1-9(2)7-15-18(16,17)12-6-11(13)5-4-10(12)8-14-3/h4-6,9,14-15H,7-8H2,1-3H3. The Hall–Kier alpha value is -0.980. The summed E-state index contributed by atoms with van der Waals surface area (Å²) in [7, 11) is -1.95. The van der Waals surface area contributed by atoms with E-state index in [4.69, 9.17) is 0 Å². The summed E-state index contributed by atoms with van der Waals surface area (Å²) in [5.74, 6) is -0.360. The van der Waals surface area contributed by atoms with Crippen molar-refractivity contribution in [2.24, 2.45) is 5.92 Å². The van der Waals surface area contributed by atoms with Gasteiger partial charge in [-0.05, 0) is 30.7 Å². The normalized spacial score (nSPS) is 12.1. The van der Waals surface area contributed by atoms with Crippen LogP contribution in [-0.4, -0.2) is 22.0 Å². The largest absolute Gasteiger partial charge is 0.316 e. The lowest BCUT2D eigenvalue weighted by Crippen LogP contribution is -2.29. The Kier molecular flexibility index (Phi) is 5.25. The lowest BCUT2D eigenvalue weighted by molar-refractivity contribution is 0.556. The predicted molar refractivity (Wildman–Crippen MR) is 69.2 cm³/mol. The zero-order chi connectivity index (χ0) is 13.8. The lowest BCUT2D eigenvalue weighted by atomic mass is 10.2. The van der Waals surface area contributed by atoms with Crippen LogP contribution in [0, 0.1) is 11.7 Å². The zero-order valence-corrected chi connectivity index (χ0v) is 11.6. The number of rotatable bonds is 6. The van der Waals surface area contributed by atoms with Crippen LogP contribution >= 0.6 is 0 Å². The van der Waals surface area contributed by atoms with E-state index in [1.54, 1.807) is 7.05 Å². The Bertz CT molecular complexity index is 501. The van der Waals surface area contributed by atoms with E-state index in [1.807, 2.05) is 13.8 Å². The van der Waals surface area contributed by atoms with Gasteiger partial charge < -0.3 is 5.32 Å². The molecule has 0 saturated carbocycles. The van der Waals surface area contributed by atoms with Crippen LogP contribution in [0.1, 0.15) is 19.4 Å². The quantitative estimate of drug-likeness (QED) is 0.826. The summed E-state index contributed by atoms with van der Waals surface area (Å²) in [5, 5.41) is 2.87. The maximum atomic E-state index is 13.2. The van der Waals surface area contributed by atoms with Crippen molar-refractivity contribution >= 4 is 10.0 Å². The van der Waals surface area contributed by atoms with Crippen LogP contribution in [0.2, 0.25) is 0 Å². The Labute approximate surface area is 108 Å². The van der Waals surface area contributed by atoms with Gasteiger partial charge in [0.25, 0.3) is 0 Å². The lowest BCUT2D eigenvalue weighted by Gasteiger charge is -2.12. The van der Waals surface area contributed by atoms with Crippen molar-refractivity contribution in [3.05, 3.63) is 29.6 Å². The van der Waals surface area contributed by atoms with Crippen LogP contribution in [0.4, 0.5) is 4.39 Å². The summed E-state index contributed by atoms with van der Waals surface area (Å²) in [6.45, 7) is 4.52. The van der Waals surface area contributed by atoms with Gasteiger partial charge in [-0.1, -0.05) is 19.9 Å². The second kappa shape index (κ2) is 6.26. The molecule has 1 aromatic carbocycles. The molecule has 0 aliphatic rings. The van der Waals surface area contributed by atoms with Crippen molar-refractivity contribution in [2.45, 2.75) is 25.3 Å². The molecule has 1 rings (SSSR count). The first-order chi connectivity index (χ1) is 8.36. The van der Waals surface area contributed by atoms with Crippen LogP contribution in [0.15, 0.2) is 23.1 Å². The number of halogens is 1. The minimum absolute atomic E-state index is 0.00231. The maximum absolute atomic E-state index is 13.2. The summed E-state index contributed by atoms with van der Waals surface area (Å²) >= 11 is 0. The highest BCUT2D eigenvalue weighted by Gasteiger charge is 2.19. The molecule has 0 unspecified atom stereocenters. The molecule has 0 amide bonds. The van der Waals surface area contributed by atoms with Gasteiger partial charge in [0.15, 0.2) is 0 Å². The smallest absolute Gasteiger partial charge is 0.241 e. The van der Waals surface area contributed by atoms with Gasteiger partial charge in [-0.3, -0.25) is 0 Å². The van der Waals surface area contributed by atoms with Gasteiger partial charge in [-0.2, -0.15) is 0 Å². The van der Waals surface area contributed by atoms with E-state index in [1.165, 1.54) is 12.1 Å². The van der Waals surface area contributed by atoms with Crippen LogP contribution in [0.3, 0.4) is 0 Å². The molecular weight excluding hydrogens is 255 g/mol. The maximum Gasteiger partial charge on any atom is 0.241 e. The highest BCUT2D eigenvalue weighted by molar-refractivity contribution is 7.89. The van der Waals surface area contributed by atoms with Gasteiger partial charge in [0.1, 0.15) is 5.82 Å². The van der Waals surface area contributed by atoms with E-state index >= 15 is 0 Å². The summed E-state index contributed by atoms with van der Waals surface area (Å²) in [6, 6.07) is 3.79. The molecule has 0 atom stereocenters. The Balaban J connectivity index is 3.09. The van der Waals surface area contributed by atoms with Crippen molar-refractivity contribution in [3.8, 4) is 0 Å². The summed E-state index contributed by atoms with van der Waals surface area (Å²) < 4.78 is 39.8. The molecule has 1 aromatic rings. The molecule has 0 aliphatic heterocycles. The van der Waals surface area contributed by atoms with Crippen molar-refractivity contribution in [1.29, 1.82) is 0 Å². The molecule has 102 valence electrons. The number of nitrogens with one attached hydrogen (secondary N) is 2. The first kappa shape index (κ1) is 15.1. The second-order valence-corrected chi connectivity index (χ2v) is 6.26. The summed E-state index contributed by atoms with van der Waals surface area (Å²) in [4.78, 5) is -0.00231.